The second-order valence-corrected chi connectivity index (χ2v) is 14.8. The van der Waals surface area contributed by atoms with Crippen LogP contribution in [0.5, 0.6) is 5.75 Å². The van der Waals surface area contributed by atoms with Gasteiger partial charge in [0, 0.05) is 59.0 Å². The number of anilines is 4. The second-order valence-electron chi connectivity index (χ2n) is 14.8. The number of ether oxygens (including phenoxy) is 2. The molecule has 0 radical (unpaired) electrons. The number of allylic oxidation sites excluding steroid dienone is 2. The number of likely N-dealkylation sites (N-methyl/N-ethyl adjacent to an activating group) is 1. The standard InChI is InChI=1S/C41H45N15O4/c1-23(2)44-35(57)22-60-37-13-6-26(20-55(37)5)38-48-40(53-51-38)47-30-8-12-34-28(16-30)18-43-56(34)19-25(4)45-36(58)21-59-31-9-10-32(24(3)14-31)39-49-41(54-52-39)46-29-7-11-33-27(15-29)17-42-50-33/h6-18,23,25H,19-22H2,1-5H3,(H,42,50)(H,44,57)(H,45,58)(H2,46,49,52,54)(H2,47,48,51,53). The Hall–Kier alpha value is -7.70. The van der Waals surface area contributed by atoms with Crippen molar-refractivity contribution in [2.24, 2.45) is 0 Å². The molecule has 7 aromatic rings. The summed E-state index contributed by atoms with van der Waals surface area (Å²) in [7, 11) is 1.89. The molecule has 2 amide bonds. The number of rotatable bonds is 16. The molecule has 60 heavy (non-hydrogen) atoms. The Labute approximate surface area is 344 Å². The molecule has 0 spiro atoms. The number of carbonyl (C=O) groups excluding carboxylic acids is 2. The molecule has 19 heteroatoms. The fourth-order valence-corrected chi connectivity index (χ4v) is 6.75. The van der Waals surface area contributed by atoms with Crippen LogP contribution < -0.4 is 26.0 Å². The van der Waals surface area contributed by atoms with Crippen LogP contribution in [0.15, 0.2) is 85.0 Å². The zero-order chi connectivity index (χ0) is 41.8. The summed E-state index contributed by atoms with van der Waals surface area (Å²) < 4.78 is 13.4. The van der Waals surface area contributed by atoms with Gasteiger partial charge >= 0.3 is 0 Å². The van der Waals surface area contributed by atoms with E-state index in [9.17, 15) is 9.59 Å². The number of hydrogen-bond acceptors (Lipinski definition) is 13. The number of nitrogens with one attached hydrogen (secondary N) is 7. The third-order valence-corrected chi connectivity index (χ3v) is 9.56. The lowest BCUT2D eigenvalue weighted by molar-refractivity contribution is -0.125. The van der Waals surface area contributed by atoms with Crippen LogP contribution in [0.3, 0.4) is 0 Å². The molecule has 8 rings (SSSR count). The summed E-state index contributed by atoms with van der Waals surface area (Å²) >= 11 is 0. The Morgan fingerprint density at radius 3 is 2.28 bits per heavy atom. The lowest BCUT2D eigenvalue weighted by Gasteiger charge is -2.26. The number of hydrogen-bond donors (Lipinski definition) is 7. The lowest BCUT2D eigenvalue weighted by atomic mass is 10.1. The van der Waals surface area contributed by atoms with Gasteiger partial charge in [0.15, 0.2) is 30.7 Å². The van der Waals surface area contributed by atoms with E-state index in [0.717, 1.165) is 49.9 Å². The van der Waals surface area contributed by atoms with Crippen molar-refractivity contribution in [1.82, 2.24) is 65.9 Å². The van der Waals surface area contributed by atoms with Crippen LogP contribution in [0.1, 0.15) is 32.2 Å². The van der Waals surface area contributed by atoms with E-state index in [-0.39, 0.29) is 37.1 Å². The zero-order valence-electron chi connectivity index (χ0n) is 33.7. The van der Waals surface area contributed by atoms with Gasteiger partial charge < -0.3 is 35.6 Å². The third-order valence-electron chi connectivity index (χ3n) is 9.56. The average Bonchev–Trinajstić information content (AvgIpc) is 4.05. The SMILES string of the molecule is Cc1cc(OCC(=O)NC(C)Cn2ncc3cc(Nc4n[nH]c(C5=CC=C(OCC(=O)NC(C)C)N(C)C5)n4)ccc32)ccc1-c1nc(Nc2ccc3[nH]ncc3c2)n[nH]1. The Kier molecular flexibility index (Phi) is 11.1. The molecule has 0 bridgehead atoms. The van der Waals surface area contributed by atoms with Crippen LogP contribution in [0, 0.1) is 6.92 Å². The predicted octanol–water partition coefficient (Wildman–Crippen LogP) is 4.91. The van der Waals surface area contributed by atoms with Crippen molar-refractivity contribution in [3.63, 3.8) is 0 Å². The van der Waals surface area contributed by atoms with E-state index in [1.54, 1.807) is 18.5 Å². The molecule has 0 fully saturated rings. The number of H-pyrrole nitrogens is 3. The van der Waals surface area contributed by atoms with Gasteiger partial charge in [-0.2, -0.15) is 20.2 Å². The Morgan fingerprint density at radius 2 is 1.52 bits per heavy atom. The van der Waals surface area contributed by atoms with E-state index in [1.165, 1.54) is 0 Å². The summed E-state index contributed by atoms with van der Waals surface area (Å²) in [6.07, 6.45) is 7.26. The largest absolute Gasteiger partial charge is 0.484 e. The molecule has 5 heterocycles. The molecule has 19 nitrogen and oxygen atoms in total. The van der Waals surface area contributed by atoms with Crippen molar-refractivity contribution in [3.8, 4) is 17.1 Å². The van der Waals surface area contributed by atoms with Gasteiger partial charge in [-0.3, -0.25) is 29.6 Å². The summed E-state index contributed by atoms with van der Waals surface area (Å²) in [5.41, 5.74) is 6.18. The fraction of sp³-hybridized carbons (Fsp3) is 0.268. The maximum absolute atomic E-state index is 12.9. The van der Waals surface area contributed by atoms with E-state index in [0.29, 0.717) is 48.3 Å². The molecule has 1 unspecified atom stereocenters. The smallest absolute Gasteiger partial charge is 0.258 e. The van der Waals surface area contributed by atoms with Gasteiger partial charge in [0.1, 0.15) is 5.75 Å². The van der Waals surface area contributed by atoms with Gasteiger partial charge in [-0.05, 0) is 100 Å². The van der Waals surface area contributed by atoms with Gasteiger partial charge in [0.25, 0.3) is 11.8 Å². The average molecular weight is 812 g/mol. The molecular formula is C41H45N15O4. The number of carbonyl (C=O) groups is 2. The molecule has 1 aliphatic rings. The summed E-state index contributed by atoms with van der Waals surface area (Å²) in [6, 6.07) is 17.1. The number of benzene rings is 3. The summed E-state index contributed by atoms with van der Waals surface area (Å²) in [5.74, 6) is 2.82. The fourth-order valence-electron chi connectivity index (χ4n) is 6.75. The first-order chi connectivity index (χ1) is 29.0. The van der Waals surface area contributed by atoms with Gasteiger partial charge in [0.2, 0.25) is 11.9 Å². The molecule has 308 valence electrons. The van der Waals surface area contributed by atoms with Crippen LogP contribution in [-0.2, 0) is 20.9 Å². The molecular weight excluding hydrogens is 767 g/mol. The monoisotopic (exact) mass is 811 g/mol. The van der Waals surface area contributed by atoms with Crippen LogP contribution >= 0.6 is 0 Å². The highest BCUT2D eigenvalue weighted by Crippen LogP contribution is 2.27. The van der Waals surface area contributed by atoms with Crippen molar-refractivity contribution in [2.75, 3.05) is 37.4 Å². The second kappa shape index (κ2) is 17.0. The topological polar surface area (TPSA) is 234 Å². The maximum atomic E-state index is 12.9. The quantitative estimate of drug-likeness (QED) is 0.0689. The molecule has 0 aliphatic carbocycles. The van der Waals surface area contributed by atoms with Crippen LogP contribution in [0.25, 0.3) is 38.8 Å². The van der Waals surface area contributed by atoms with E-state index in [1.807, 2.05) is 105 Å². The van der Waals surface area contributed by atoms with Gasteiger partial charge in [-0.25, -0.2) is 0 Å². The highest BCUT2D eigenvalue weighted by molar-refractivity contribution is 5.84. The van der Waals surface area contributed by atoms with Crippen molar-refractivity contribution in [2.45, 2.75) is 46.3 Å². The summed E-state index contributed by atoms with van der Waals surface area (Å²) in [5, 5.41) is 40.4. The number of nitrogens with zero attached hydrogens (tertiary/aromatic N) is 8. The maximum Gasteiger partial charge on any atom is 0.258 e. The molecule has 7 N–H and O–H groups in total. The van der Waals surface area contributed by atoms with Gasteiger partial charge in [0.05, 0.1) is 30.0 Å². The highest BCUT2D eigenvalue weighted by Gasteiger charge is 2.19. The number of aromatic nitrogens is 10. The molecule has 0 saturated carbocycles. The Balaban J connectivity index is 0.804. The van der Waals surface area contributed by atoms with Crippen molar-refractivity contribution in [3.05, 3.63) is 96.4 Å². The molecule has 4 aromatic heterocycles. The number of aromatic amines is 3. The number of fused-ring (bicyclic) bond motifs is 2. The minimum Gasteiger partial charge on any atom is -0.484 e. The highest BCUT2D eigenvalue weighted by atomic mass is 16.5. The van der Waals surface area contributed by atoms with E-state index < -0.39 is 0 Å². The first-order valence-corrected chi connectivity index (χ1v) is 19.4. The Morgan fingerprint density at radius 1 is 0.800 bits per heavy atom. The van der Waals surface area contributed by atoms with Gasteiger partial charge in [-0.15, -0.1) is 10.2 Å². The molecule has 1 atom stereocenters. The van der Waals surface area contributed by atoms with Crippen LogP contribution in [0.2, 0.25) is 0 Å². The van der Waals surface area contributed by atoms with E-state index in [2.05, 4.69) is 66.9 Å². The normalized spacial score (nSPS) is 13.3. The van der Waals surface area contributed by atoms with Crippen LogP contribution in [-0.4, -0.2) is 106 Å². The van der Waals surface area contributed by atoms with Crippen molar-refractivity contribution >= 4 is 62.5 Å². The number of aryl methyl sites for hydroxylation is 1. The van der Waals surface area contributed by atoms with Gasteiger partial charge in [-0.1, -0.05) is 0 Å². The number of amides is 2. The third kappa shape index (κ3) is 9.20. The van der Waals surface area contributed by atoms with Crippen LogP contribution in [0.4, 0.5) is 23.3 Å². The Bertz CT molecular complexity index is 2720. The zero-order valence-corrected chi connectivity index (χ0v) is 33.7. The molecule has 1 aliphatic heterocycles. The summed E-state index contributed by atoms with van der Waals surface area (Å²) in [4.78, 5) is 36.0. The summed E-state index contributed by atoms with van der Waals surface area (Å²) in [6.45, 7) is 8.47. The minimum atomic E-state index is -0.246. The first-order valence-electron chi connectivity index (χ1n) is 19.4. The minimum absolute atomic E-state index is 0.0492. The molecule has 0 saturated heterocycles. The van der Waals surface area contributed by atoms with Crippen molar-refractivity contribution < 1.29 is 19.1 Å². The van der Waals surface area contributed by atoms with Crippen molar-refractivity contribution in [1.29, 1.82) is 0 Å². The van der Waals surface area contributed by atoms with E-state index in [4.69, 9.17) is 9.47 Å². The van der Waals surface area contributed by atoms with E-state index >= 15 is 0 Å². The molecule has 3 aromatic carbocycles. The first kappa shape index (κ1) is 39.1. The lowest BCUT2D eigenvalue weighted by Crippen LogP contribution is -2.38. The predicted molar refractivity (Wildman–Crippen MR) is 226 cm³/mol.